The Morgan fingerprint density at radius 1 is 1.12 bits per heavy atom. The van der Waals surface area contributed by atoms with E-state index in [9.17, 15) is 19.2 Å². The third-order valence-electron chi connectivity index (χ3n) is 5.12. The molecule has 0 unspecified atom stereocenters. The summed E-state index contributed by atoms with van der Waals surface area (Å²) in [7, 11) is 1.48. The highest BCUT2D eigenvalue weighted by Gasteiger charge is 2.40. The fourth-order valence-electron chi connectivity index (χ4n) is 3.60. The van der Waals surface area contributed by atoms with E-state index in [1.807, 2.05) is 56.3 Å². The predicted octanol–water partition coefficient (Wildman–Crippen LogP) is 3.64. The molecule has 0 radical (unpaired) electrons. The van der Waals surface area contributed by atoms with Crippen LogP contribution in [-0.4, -0.2) is 52.9 Å². The zero-order chi connectivity index (χ0) is 24.8. The van der Waals surface area contributed by atoms with Gasteiger partial charge in [0.2, 0.25) is 5.91 Å². The zero-order valence-corrected chi connectivity index (χ0v) is 20.3. The number of benzene rings is 1. The average molecular weight is 458 g/mol. The molecule has 33 heavy (non-hydrogen) atoms. The van der Waals surface area contributed by atoms with Crippen LogP contribution in [-0.2, 0) is 19.1 Å². The van der Waals surface area contributed by atoms with Crippen molar-refractivity contribution in [2.24, 2.45) is 17.8 Å². The fraction of sp³-hybridized carbons (Fsp3) is 0.520. The van der Waals surface area contributed by atoms with Crippen LogP contribution in [0.1, 0.15) is 53.0 Å². The van der Waals surface area contributed by atoms with Gasteiger partial charge >= 0.3 is 12.0 Å². The fourth-order valence-corrected chi connectivity index (χ4v) is 3.60. The van der Waals surface area contributed by atoms with Crippen LogP contribution in [0.3, 0.4) is 0 Å². The van der Waals surface area contributed by atoms with Crippen LogP contribution in [0, 0.1) is 17.8 Å². The maximum absolute atomic E-state index is 13.3. The van der Waals surface area contributed by atoms with Crippen molar-refractivity contribution in [2.45, 2.75) is 53.1 Å². The first-order valence-corrected chi connectivity index (χ1v) is 11.2. The molecule has 1 N–H and O–H groups in total. The summed E-state index contributed by atoms with van der Waals surface area (Å²) in [6, 6.07) is 9.04. The minimum atomic E-state index is -0.785. The van der Waals surface area contributed by atoms with Crippen LogP contribution >= 0.6 is 0 Å². The Morgan fingerprint density at radius 3 is 2.27 bits per heavy atom. The maximum atomic E-state index is 13.3. The van der Waals surface area contributed by atoms with E-state index in [-0.39, 0.29) is 18.9 Å². The van der Waals surface area contributed by atoms with Gasteiger partial charge in [0.15, 0.2) is 0 Å². The molecule has 0 aliphatic carbocycles. The number of hydrazine groups is 1. The second-order valence-corrected chi connectivity index (χ2v) is 9.77. The number of hydrogen-bond donors (Lipinski definition) is 1. The van der Waals surface area contributed by atoms with Gasteiger partial charge in [-0.15, -0.1) is 0 Å². The van der Waals surface area contributed by atoms with Gasteiger partial charge in [-0.3, -0.25) is 19.8 Å². The van der Waals surface area contributed by atoms with Gasteiger partial charge in [-0.25, -0.2) is 4.79 Å². The molecule has 1 heterocycles. The largest absolute Gasteiger partial charge is 0.460 e. The third kappa shape index (κ3) is 7.73. The summed E-state index contributed by atoms with van der Waals surface area (Å²) in [6.45, 7) is 9.12. The number of imide groups is 1. The summed E-state index contributed by atoms with van der Waals surface area (Å²) in [5.41, 5.74) is 2.69. The van der Waals surface area contributed by atoms with Crippen molar-refractivity contribution < 1.29 is 23.9 Å². The van der Waals surface area contributed by atoms with Gasteiger partial charge < -0.3 is 9.64 Å². The molecule has 1 aromatic rings. The van der Waals surface area contributed by atoms with E-state index in [0.29, 0.717) is 6.42 Å². The Morgan fingerprint density at radius 2 is 1.76 bits per heavy atom. The molecule has 1 aromatic carbocycles. The van der Waals surface area contributed by atoms with Crippen molar-refractivity contribution in [3.63, 3.8) is 0 Å². The molecule has 0 spiro atoms. The van der Waals surface area contributed by atoms with Crippen LogP contribution in [0.5, 0.6) is 0 Å². The Hall–Kier alpha value is -3.16. The molecule has 1 aliphatic rings. The lowest BCUT2D eigenvalue weighted by atomic mass is 9.82. The van der Waals surface area contributed by atoms with E-state index in [1.54, 1.807) is 20.8 Å². The third-order valence-corrected chi connectivity index (χ3v) is 5.12. The molecular formula is C25H35N3O5. The van der Waals surface area contributed by atoms with Crippen LogP contribution in [0.15, 0.2) is 36.4 Å². The number of amides is 4. The second kappa shape index (κ2) is 11.1. The van der Waals surface area contributed by atoms with Gasteiger partial charge in [0.25, 0.3) is 5.91 Å². The maximum Gasteiger partial charge on any atom is 0.346 e. The number of carbonyl (C=O) groups is 4. The van der Waals surface area contributed by atoms with E-state index in [2.05, 4.69) is 5.43 Å². The van der Waals surface area contributed by atoms with E-state index in [4.69, 9.17) is 4.74 Å². The quantitative estimate of drug-likeness (QED) is 0.451. The molecule has 0 aromatic heterocycles. The average Bonchev–Trinajstić information content (AvgIpc) is 2.95. The molecule has 1 aliphatic heterocycles. The Kier molecular flexibility index (Phi) is 8.79. The molecule has 8 heteroatoms. The first-order chi connectivity index (χ1) is 15.4. The van der Waals surface area contributed by atoms with Crippen molar-refractivity contribution in [3.05, 3.63) is 42.0 Å². The summed E-state index contributed by atoms with van der Waals surface area (Å²) >= 11 is 0. The standard InChI is InChI=1S/C25H35N3O5/c1-17(2)15-20(22(30)26-28-21(29)16-27(6)24(28)32)19(23(31)33-25(3,4)5)14-10-13-18-11-8-7-9-12-18/h7-13,17,19-20H,14-16H2,1-6H3,(H,26,30)/b13-10+/t19-,20+/m0/s1. The van der Waals surface area contributed by atoms with Gasteiger partial charge in [-0.05, 0) is 45.1 Å². The number of nitrogens with one attached hydrogen (secondary N) is 1. The molecule has 2 rings (SSSR count). The van der Waals surface area contributed by atoms with E-state index < -0.39 is 41.3 Å². The first-order valence-electron chi connectivity index (χ1n) is 11.2. The molecule has 0 saturated carbocycles. The number of hydrogen-bond acceptors (Lipinski definition) is 5. The van der Waals surface area contributed by atoms with Gasteiger partial charge in [0.05, 0.1) is 11.8 Å². The van der Waals surface area contributed by atoms with Crippen LogP contribution < -0.4 is 5.43 Å². The second-order valence-electron chi connectivity index (χ2n) is 9.77. The van der Waals surface area contributed by atoms with Crippen molar-refractivity contribution in [3.8, 4) is 0 Å². The summed E-state index contributed by atoms with van der Waals surface area (Å²) in [5.74, 6) is -3.03. The molecule has 1 fully saturated rings. The molecule has 1 saturated heterocycles. The summed E-state index contributed by atoms with van der Waals surface area (Å²) in [6.07, 6.45) is 4.41. The monoisotopic (exact) mass is 457 g/mol. The van der Waals surface area contributed by atoms with Crippen molar-refractivity contribution in [1.29, 1.82) is 0 Å². The smallest absolute Gasteiger partial charge is 0.346 e. The number of carbonyl (C=O) groups excluding carboxylic acids is 4. The number of rotatable bonds is 9. The number of likely N-dealkylation sites (N-methyl/N-ethyl adjacent to an activating group) is 1. The lowest BCUT2D eigenvalue weighted by Crippen LogP contribution is -2.51. The van der Waals surface area contributed by atoms with E-state index in [1.165, 1.54) is 11.9 Å². The Bertz CT molecular complexity index is 889. The van der Waals surface area contributed by atoms with Crippen molar-refractivity contribution in [2.75, 3.05) is 13.6 Å². The lowest BCUT2D eigenvalue weighted by Gasteiger charge is -2.30. The molecule has 0 bridgehead atoms. The van der Waals surface area contributed by atoms with Crippen LogP contribution in [0.25, 0.3) is 6.08 Å². The lowest BCUT2D eigenvalue weighted by molar-refractivity contribution is -0.164. The molecule has 2 atom stereocenters. The number of urea groups is 1. The number of nitrogens with zero attached hydrogens (tertiary/aromatic N) is 2. The molecular weight excluding hydrogens is 422 g/mol. The molecule has 180 valence electrons. The highest BCUT2D eigenvalue weighted by Crippen LogP contribution is 2.28. The number of esters is 1. The minimum Gasteiger partial charge on any atom is -0.460 e. The zero-order valence-electron chi connectivity index (χ0n) is 20.3. The van der Waals surface area contributed by atoms with Crippen LogP contribution in [0.4, 0.5) is 4.79 Å². The van der Waals surface area contributed by atoms with Gasteiger partial charge in [-0.1, -0.05) is 56.3 Å². The van der Waals surface area contributed by atoms with Gasteiger partial charge in [0, 0.05) is 7.05 Å². The summed E-state index contributed by atoms with van der Waals surface area (Å²) in [4.78, 5) is 52.0. The number of ether oxygens (including phenoxy) is 1. The Balaban J connectivity index is 2.30. The normalized spacial score (nSPS) is 16.5. The number of allylic oxidation sites excluding steroid dienone is 1. The van der Waals surface area contributed by atoms with E-state index in [0.717, 1.165) is 10.6 Å². The molecule has 4 amide bonds. The van der Waals surface area contributed by atoms with Gasteiger partial charge in [-0.2, -0.15) is 5.01 Å². The van der Waals surface area contributed by atoms with Crippen LogP contribution in [0.2, 0.25) is 0 Å². The topological polar surface area (TPSA) is 96.0 Å². The summed E-state index contributed by atoms with van der Waals surface area (Å²) < 4.78 is 5.64. The van der Waals surface area contributed by atoms with Crippen molar-refractivity contribution in [1.82, 2.24) is 15.3 Å². The highest BCUT2D eigenvalue weighted by molar-refractivity contribution is 6.03. The summed E-state index contributed by atoms with van der Waals surface area (Å²) in [5, 5.41) is 0.724. The van der Waals surface area contributed by atoms with E-state index >= 15 is 0 Å². The predicted molar refractivity (Wildman–Crippen MR) is 125 cm³/mol. The molecule has 8 nitrogen and oxygen atoms in total. The highest BCUT2D eigenvalue weighted by atomic mass is 16.6. The minimum absolute atomic E-state index is 0.0939. The van der Waals surface area contributed by atoms with Crippen molar-refractivity contribution >= 4 is 29.9 Å². The first kappa shape index (κ1) is 26.1. The Labute approximate surface area is 195 Å². The van der Waals surface area contributed by atoms with Gasteiger partial charge in [0.1, 0.15) is 12.1 Å². The SMILES string of the molecule is CC(C)C[C@@H](C(=O)NN1C(=O)CN(C)C1=O)[C@H](C/C=C/c1ccccc1)C(=O)OC(C)(C)C.